The van der Waals surface area contributed by atoms with Crippen molar-refractivity contribution in [2.45, 2.75) is 50.2 Å². The van der Waals surface area contributed by atoms with E-state index in [1.807, 2.05) is 0 Å². The number of likely N-dealkylation sites (N-methyl/N-ethyl adjacent to an activating group) is 1. The summed E-state index contributed by atoms with van der Waals surface area (Å²) in [5, 5.41) is 9.64. The first-order chi connectivity index (χ1) is 15.5. The molecule has 34 heavy (non-hydrogen) atoms. The number of carboxylic acids is 1. The lowest BCUT2D eigenvalue weighted by Crippen LogP contribution is -2.48. The minimum atomic E-state index is -5.06. The van der Waals surface area contributed by atoms with Gasteiger partial charge in [-0.25, -0.2) is 13.6 Å². The molecule has 0 amide bonds. The molecule has 0 radical (unpaired) electrons. The molecular formula is C21H21F8NO3S. The number of carbonyl (C=O) groups is 1. The summed E-state index contributed by atoms with van der Waals surface area (Å²) < 4.78 is 110. The molecule has 1 heterocycles. The Hall–Kier alpha value is -2.44. The Morgan fingerprint density at radius 1 is 1.09 bits per heavy atom. The van der Waals surface area contributed by atoms with Crippen molar-refractivity contribution < 1.29 is 49.8 Å². The van der Waals surface area contributed by atoms with E-state index in [1.165, 1.54) is 12.1 Å². The van der Waals surface area contributed by atoms with Crippen LogP contribution in [0.25, 0.3) is 0 Å². The molecule has 0 bridgehead atoms. The van der Waals surface area contributed by atoms with Crippen LogP contribution in [-0.4, -0.2) is 53.8 Å². The molecule has 0 saturated heterocycles. The van der Waals surface area contributed by atoms with Gasteiger partial charge >= 0.3 is 18.5 Å². The maximum atomic E-state index is 14.0. The molecule has 4 nitrogen and oxygen atoms in total. The average Bonchev–Trinajstić information content (AvgIpc) is 2.65. The molecule has 1 unspecified atom stereocenters. The van der Waals surface area contributed by atoms with Gasteiger partial charge < -0.3 is 14.7 Å². The summed E-state index contributed by atoms with van der Waals surface area (Å²) in [6, 6.07) is 2.04. The number of alkyl halides is 8. The van der Waals surface area contributed by atoms with E-state index >= 15 is 0 Å². The number of thioether (sulfide) groups is 1. The van der Waals surface area contributed by atoms with Gasteiger partial charge in [-0.3, -0.25) is 0 Å². The Balaban J connectivity index is 2.55. The van der Waals surface area contributed by atoms with Crippen LogP contribution < -0.4 is 4.74 Å². The maximum absolute atomic E-state index is 14.0. The smallest absolute Gasteiger partial charge is 0.478 e. The van der Waals surface area contributed by atoms with Crippen molar-refractivity contribution in [1.82, 2.24) is 4.90 Å². The monoisotopic (exact) mass is 519 g/mol. The lowest BCUT2D eigenvalue weighted by molar-refractivity contribution is -0.274. The molecule has 1 atom stereocenters. The van der Waals surface area contributed by atoms with Gasteiger partial charge in [0.15, 0.2) is 0 Å². The van der Waals surface area contributed by atoms with Gasteiger partial charge in [0.2, 0.25) is 0 Å². The third-order valence-electron chi connectivity index (χ3n) is 4.83. The molecule has 2 rings (SSSR count). The van der Waals surface area contributed by atoms with Gasteiger partial charge in [-0.1, -0.05) is 13.8 Å². The van der Waals surface area contributed by atoms with Gasteiger partial charge in [0.05, 0.1) is 5.57 Å². The van der Waals surface area contributed by atoms with E-state index in [-0.39, 0.29) is 27.7 Å². The molecule has 13 heteroatoms. The van der Waals surface area contributed by atoms with Gasteiger partial charge in [0, 0.05) is 17.7 Å². The molecule has 1 aromatic carbocycles. The van der Waals surface area contributed by atoms with Gasteiger partial charge in [-0.05, 0) is 47.8 Å². The van der Waals surface area contributed by atoms with Crippen molar-refractivity contribution in [3.8, 4) is 5.75 Å². The minimum Gasteiger partial charge on any atom is -0.478 e. The van der Waals surface area contributed by atoms with E-state index in [9.17, 15) is 45.0 Å². The summed E-state index contributed by atoms with van der Waals surface area (Å²) in [4.78, 5) is 12.4. The van der Waals surface area contributed by atoms with Crippen molar-refractivity contribution in [1.29, 1.82) is 0 Å². The fraction of sp³-hybridized carbons (Fsp3) is 0.476. The highest BCUT2D eigenvalue weighted by molar-refractivity contribution is 7.99. The first-order valence-electron chi connectivity index (χ1n) is 9.79. The van der Waals surface area contributed by atoms with Crippen LogP contribution in [0.1, 0.15) is 20.3 Å². The van der Waals surface area contributed by atoms with E-state index in [1.54, 1.807) is 13.8 Å². The van der Waals surface area contributed by atoms with Crippen molar-refractivity contribution in [3.05, 3.63) is 46.7 Å². The van der Waals surface area contributed by atoms with E-state index in [0.29, 0.717) is 0 Å². The van der Waals surface area contributed by atoms with Crippen LogP contribution in [0.15, 0.2) is 51.6 Å². The van der Waals surface area contributed by atoms with Crippen molar-refractivity contribution in [3.63, 3.8) is 0 Å². The zero-order chi connectivity index (χ0) is 26.0. The van der Waals surface area contributed by atoms with Crippen molar-refractivity contribution in [2.75, 3.05) is 12.8 Å². The number of halogens is 8. The van der Waals surface area contributed by atoms with Crippen LogP contribution in [0.2, 0.25) is 0 Å². The number of benzene rings is 1. The average molecular weight is 519 g/mol. The molecule has 1 aromatic rings. The lowest BCUT2D eigenvalue weighted by atomic mass is 9.84. The zero-order valence-corrected chi connectivity index (χ0v) is 18.9. The summed E-state index contributed by atoms with van der Waals surface area (Å²) in [5.41, 5.74) is -2.95. The molecule has 1 N–H and O–H groups in total. The summed E-state index contributed by atoms with van der Waals surface area (Å²) in [7, 11) is 0.767. The van der Waals surface area contributed by atoms with Gasteiger partial charge in [0.25, 0.3) is 6.43 Å². The number of ether oxygens (including phenoxy) is 1. The Morgan fingerprint density at radius 2 is 1.65 bits per heavy atom. The second-order valence-electron chi connectivity index (χ2n) is 7.82. The normalized spacial score (nSPS) is 17.8. The van der Waals surface area contributed by atoms with Crippen LogP contribution in [-0.2, 0) is 4.79 Å². The second kappa shape index (κ2) is 10.4. The number of rotatable bonds is 8. The Kier molecular flexibility index (Phi) is 8.54. The van der Waals surface area contributed by atoms with E-state index in [4.69, 9.17) is 0 Å². The third-order valence-corrected chi connectivity index (χ3v) is 5.87. The van der Waals surface area contributed by atoms with Crippen molar-refractivity contribution >= 4 is 17.7 Å². The third kappa shape index (κ3) is 6.80. The van der Waals surface area contributed by atoms with E-state index < -0.39 is 59.3 Å². The quantitative estimate of drug-likeness (QED) is 0.314. The zero-order valence-electron chi connectivity index (χ0n) is 18.1. The molecule has 1 aliphatic heterocycles. The fourth-order valence-corrected chi connectivity index (χ4v) is 4.59. The number of aliphatic carboxylic acids is 1. The molecule has 190 valence electrons. The van der Waals surface area contributed by atoms with Crippen molar-refractivity contribution in [2.24, 2.45) is 5.92 Å². The van der Waals surface area contributed by atoms with Crippen LogP contribution in [0.5, 0.6) is 5.75 Å². The SMILES string of the molecule is CC(C)CC1=C(C(=O)O)C(C(F)F)N(C)C(C(F)(F)F)=C1CSc1ccc(OC(F)(F)F)cc1. The molecule has 0 saturated carbocycles. The van der Waals surface area contributed by atoms with Crippen LogP contribution in [0, 0.1) is 5.92 Å². The summed E-state index contributed by atoms with van der Waals surface area (Å²) >= 11 is 0.794. The van der Waals surface area contributed by atoms with Crippen LogP contribution >= 0.6 is 11.8 Å². The number of hydrogen-bond acceptors (Lipinski definition) is 4. The molecule has 0 spiro atoms. The van der Waals surface area contributed by atoms with Gasteiger partial charge in [0.1, 0.15) is 17.5 Å². The van der Waals surface area contributed by atoms with E-state index in [2.05, 4.69) is 4.74 Å². The number of nitrogens with zero attached hydrogens (tertiary/aromatic N) is 1. The lowest BCUT2D eigenvalue weighted by Gasteiger charge is -2.40. The first kappa shape index (κ1) is 27.8. The van der Waals surface area contributed by atoms with Crippen LogP contribution in [0.3, 0.4) is 0 Å². The molecule has 0 aromatic heterocycles. The standard InChI is InChI=1S/C21H21F8NO3S/c1-10(2)8-13-14(9-34-12-6-4-11(5-7-12)33-21(27,28)29)17(20(24,25)26)30(3)16(18(22)23)15(13)19(31)32/h4-7,10,16,18H,8-9H2,1-3H3,(H,31,32). The Labute approximate surface area is 194 Å². The van der Waals surface area contributed by atoms with Gasteiger partial charge in [-0.15, -0.1) is 24.9 Å². The Bertz CT molecular complexity index is 952. The first-order valence-corrected chi connectivity index (χ1v) is 10.8. The fourth-order valence-electron chi connectivity index (χ4n) is 3.64. The highest BCUT2D eigenvalue weighted by Gasteiger charge is 2.49. The highest BCUT2D eigenvalue weighted by atomic mass is 32.2. The van der Waals surface area contributed by atoms with Crippen LogP contribution in [0.4, 0.5) is 35.1 Å². The number of carboxylic acid groups (broad SMARTS) is 1. The molecule has 0 aliphatic carbocycles. The summed E-state index contributed by atoms with van der Waals surface area (Å²) in [6.45, 7) is 3.22. The molecule has 0 fully saturated rings. The highest BCUT2D eigenvalue weighted by Crippen LogP contribution is 2.45. The predicted molar refractivity (Wildman–Crippen MR) is 109 cm³/mol. The topological polar surface area (TPSA) is 49.8 Å². The number of hydrogen-bond donors (Lipinski definition) is 1. The largest absolute Gasteiger partial charge is 0.573 e. The minimum absolute atomic E-state index is 0.188. The second-order valence-corrected chi connectivity index (χ2v) is 8.87. The maximum Gasteiger partial charge on any atom is 0.573 e. The Morgan fingerprint density at radius 3 is 2.06 bits per heavy atom. The van der Waals surface area contributed by atoms with E-state index in [0.717, 1.165) is 30.9 Å². The van der Waals surface area contributed by atoms with Gasteiger partial charge in [-0.2, -0.15) is 13.2 Å². The molecule has 1 aliphatic rings. The number of allylic oxidation sites excluding steroid dienone is 2. The summed E-state index contributed by atoms with van der Waals surface area (Å²) in [6.07, 6.45) is -13.6. The predicted octanol–water partition coefficient (Wildman–Crippen LogP) is 6.50. The summed E-state index contributed by atoms with van der Waals surface area (Å²) in [5.74, 6) is -3.07. The molecular weight excluding hydrogens is 498 g/mol.